The summed E-state index contributed by atoms with van der Waals surface area (Å²) in [7, 11) is 0. The van der Waals surface area contributed by atoms with Crippen LogP contribution in [0.15, 0.2) is 42.5 Å². The molecule has 1 aromatic heterocycles. The molecule has 22 heavy (non-hydrogen) atoms. The van der Waals surface area contributed by atoms with Gasteiger partial charge in [-0.05, 0) is 42.8 Å². The lowest BCUT2D eigenvalue weighted by atomic mass is 10.2. The minimum Gasteiger partial charge on any atom is -0.342 e. The molecule has 0 amide bonds. The summed E-state index contributed by atoms with van der Waals surface area (Å²) in [6.07, 6.45) is 1.95. The van der Waals surface area contributed by atoms with E-state index < -0.39 is 0 Å². The quantitative estimate of drug-likeness (QED) is 0.647. The number of imidazole rings is 1. The highest BCUT2D eigenvalue weighted by Gasteiger charge is 2.03. The molecule has 5 heteroatoms. The Balaban J connectivity index is 1.45. The molecule has 0 saturated carbocycles. The Morgan fingerprint density at radius 3 is 2.77 bits per heavy atom. The highest BCUT2D eigenvalue weighted by atomic mass is 35.5. The Morgan fingerprint density at radius 2 is 1.95 bits per heavy atom. The van der Waals surface area contributed by atoms with E-state index in [1.807, 2.05) is 36.4 Å². The summed E-state index contributed by atoms with van der Waals surface area (Å²) in [6.45, 7) is 1.66. The first kappa shape index (κ1) is 15.3. The molecule has 0 fully saturated rings. The number of benzene rings is 2. The number of fused-ring (bicyclic) bond motifs is 1. The molecule has 0 radical (unpaired) electrons. The van der Waals surface area contributed by atoms with Crippen LogP contribution in [-0.4, -0.2) is 16.5 Å². The van der Waals surface area contributed by atoms with Crippen LogP contribution in [-0.2, 0) is 13.0 Å². The number of aromatic amines is 1. The number of hydrogen-bond donors (Lipinski definition) is 2. The fourth-order valence-electron chi connectivity index (χ4n) is 2.39. The van der Waals surface area contributed by atoms with E-state index >= 15 is 0 Å². The molecular weight excluding hydrogens is 317 g/mol. The van der Waals surface area contributed by atoms with Crippen molar-refractivity contribution in [3.8, 4) is 0 Å². The average molecular weight is 334 g/mol. The minimum atomic E-state index is 0.665. The van der Waals surface area contributed by atoms with E-state index in [-0.39, 0.29) is 0 Å². The topological polar surface area (TPSA) is 40.7 Å². The van der Waals surface area contributed by atoms with Gasteiger partial charge in [0.2, 0.25) is 0 Å². The summed E-state index contributed by atoms with van der Waals surface area (Å²) in [4.78, 5) is 7.92. The van der Waals surface area contributed by atoms with Gasteiger partial charge in [0.25, 0.3) is 0 Å². The van der Waals surface area contributed by atoms with Crippen molar-refractivity contribution in [3.63, 3.8) is 0 Å². The minimum absolute atomic E-state index is 0.665. The van der Waals surface area contributed by atoms with Crippen LogP contribution in [0.2, 0.25) is 10.0 Å². The predicted octanol–water partition coefficient (Wildman–Crippen LogP) is 4.59. The highest BCUT2D eigenvalue weighted by Crippen LogP contribution is 2.20. The van der Waals surface area contributed by atoms with Gasteiger partial charge in [-0.2, -0.15) is 0 Å². The van der Waals surface area contributed by atoms with Gasteiger partial charge in [-0.25, -0.2) is 4.98 Å². The van der Waals surface area contributed by atoms with Gasteiger partial charge in [-0.3, -0.25) is 0 Å². The molecule has 114 valence electrons. The number of H-pyrrole nitrogens is 1. The summed E-state index contributed by atoms with van der Waals surface area (Å²) in [5.74, 6) is 1.03. The van der Waals surface area contributed by atoms with Gasteiger partial charge in [0.15, 0.2) is 0 Å². The van der Waals surface area contributed by atoms with Crippen molar-refractivity contribution < 1.29 is 0 Å². The first-order chi connectivity index (χ1) is 10.7. The second-order valence-electron chi connectivity index (χ2n) is 5.22. The molecule has 0 bridgehead atoms. The van der Waals surface area contributed by atoms with Crippen molar-refractivity contribution in [3.05, 3.63) is 63.9 Å². The summed E-state index contributed by atoms with van der Waals surface area (Å²) < 4.78 is 0. The van der Waals surface area contributed by atoms with Crippen LogP contribution in [0, 0.1) is 0 Å². The molecule has 0 unspecified atom stereocenters. The van der Waals surface area contributed by atoms with Gasteiger partial charge in [0.05, 0.1) is 11.0 Å². The predicted molar refractivity (Wildman–Crippen MR) is 92.6 cm³/mol. The maximum absolute atomic E-state index is 6.14. The number of nitrogens with one attached hydrogen (secondary N) is 2. The largest absolute Gasteiger partial charge is 0.342 e. The van der Waals surface area contributed by atoms with Crippen molar-refractivity contribution in [1.29, 1.82) is 0 Å². The Kier molecular flexibility index (Phi) is 4.98. The van der Waals surface area contributed by atoms with Crippen LogP contribution in [0.4, 0.5) is 0 Å². The molecule has 0 aliphatic rings. The average Bonchev–Trinajstić information content (AvgIpc) is 2.91. The zero-order valence-electron chi connectivity index (χ0n) is 12.1. The summed E-state index contributed by atoms with van der Waals surface area (Å²) in [5, 5.41) is 4.77. The van der Waals surface area contributed by atoms with Crippen LogP contribution >= 0.6 is 23.2 Å². The van der Waals surface area contributed by atoms with Crippen molar-refractivity contribution in [1.82, 2.24) is 15.3 Å². The number of halogens is 2. The van der Waals surface area contributed by atoms with E-state index in [9.17, 15) is 0 Å². The van der Waals surface area contributed by atoms with E-state index in [0.29, 0.717) is 10.0 Å². The second-order valence-corrected chi connectivity index (χ2v) is 6.06. The van der Waals surface area contributed by atoms with Crippen molar-refractivity contribution in [2.75, 3.05) is 6.54 Å². The Bertz CT molecular complexity index is 734. The molecule has 2 N–H and O–H groups in total. The normalized spacial score (nSPS) is 11.2. The lowest BCUT2D eigenvalue weighted by molar-refractivity contribution is 0.641. The molecule has 3 aromatic rings. The lowest BCUT2D eigenvalue weighted by Gasteiger charge is -2.06. The van der Waals surface area contributed by atoms with Gasteiger partial charge in [0, 0.05) is 23.0 Å². The van der Waals surface area contributed by atoms with E-state index in [2.05, 4.69) is 15.3 Å². The lowest BCUT2D eigenvalue weighted by Crippen LogP contribution is -2.15. The number of hydrogen-bond acceptors (Lipinski definition) is 2. The number of aromatic nitrogens is 2. The van der Waals surface area contributed by atoms with Crippen molar-refractivity contribution in [2.24, 2.45) is 0 Å². The molecule has 3 nitrogen and oxygen atoms in total. The summed E-state index contributed by atoms with van der Waals surface area (Å²) >= 11 is 12.0. The number of aryl methyl sites for hydroxylation is 1. The monoisotopic (exact) mass is 333 g/mol. The van der Waals surface area contributed by atoms with Crippen LogP contribution < -0.4 is 5.32 Å². The molecule has 0 atom stereocenters. The summed E-state index contributed by atoms with van der Waals surface area (Å²) in [5.41, 5.74) is 3.19. The Labute approximate surface area is 139 Å². The Morgan fingerprint density at radius 1 is 1.09 bits per heavy atom. The van der Waals surface area contributed by atoms with Gasteiger partial charge in [-0.15, -0.1) is 0 Å². The fourth-order valence-corrected chi connectivity index (χ4v) is 2.87. The fraction of sp³-hybridized carbons (Fsp3) is 0.235. The maximum atomic E-state index is 6.14. The van der Waals surface area contributed by atoms with Crippen LogP contribution in [0.1, 0.15) is 17.8 Å². The first-order valence-electron chi connectivity index (χ1n) is 7.30. The van der Waals surface area contributed by atoms with Gasteiger partial charge in [0.1, 0.15) is 5.82 Å². The SMILES string of the molecule is Clc1ccc(CNCCCc2nc3ccccc3[nH]2)c(Cl)c1. The molecule has 0 aliphatic heterocycles. The van der Waals surface area contributed by atoms with Gasteiger partial charge in [-0.1, -0.05) is 41.4 Å². The highest BCUT2D eigenvalue weighted by molar-refractivity contribution is 6.35. The molecule has 0 aliphatic carbocycles. The molecule has 2 aromatic carbocycles. The van der Waals surface area contributed by atoms with Crippen molar-refractivity contribution >= 4 is 34.2 Å². The van der Waals surface area contributed by atoms with Gasteiger partial charge >= 0.3 is 0 Å². The third-order valence-electron chi connectivity index (χ3n) is 3.54. The third-order valence-corrected chi connectivity index (χ3v) is 4.12. The van der Waals surface area contributed by atoms with E-state index in [1.165, 1.54) is 0 Å². The van der Waals surface area contributed by atoms with E-state index in [4.69, 9.17) is 23.2 Å². The number of para-hydroxylation sites is 2. The smallest absolute Gasteiger partial charge is 0.107 e. The standard InChI is InChI=1S/C17H17Cl2N3/c18-13-8-7-12(14(19)10-13)11-20-9-3-6-17-21-15-4-1-2-5-16(15)22-17/h1-2,4-5,7-8,10,20H,3,6,9,11H2,(H,21,22). The molecular formula is C17H17Cl2N3. The summed E-state index contributed by atoms with van der Waals surface area (Å²) in [6, 6.07) is 13.7. The number of rotatable bonds is 6. The van der Waals surface area contributed by atoms with Crippen LogP contribution in [0.25, 0.3) is 11.0 Å². The number of nitrogens with zero attached hydrogens (tertiary/aromatic N) is 1. The molecule has 1 heterocycles. The van der Waals surface area contributed by atoms with Crippen LogP contribution in [0.5, 0.6) is 0 Å². The van der Waals surface area contributed by atoms with E-state index in [1.54, 1.807) is 6.07 Å². The first-order valence-corrected chi connectivity index (χ1v) is 8.06. The van der Waals surface area contributed by atoms with E-state index in [0.717, 1.165) is 48.4 Å². The van der Waals surface area contributed by atoms with Crippen LogP contribution in [0.3, 0.4) is 0 Å². The van der Waals surface area contributed by atoms with Crippen molar-refractivity contribution in [2.45, 2.75) is 19.4 Å². The molecule has 0 spiro atoms. The molecule has 0 saturated heterocycles. The zero-order valence-corrected chi connectivity index (χ0v) is 13.6. The molecule has 3 rings (SSSR count). The maximum Gasteiger partial charge on any atom is 0.107 e. The Hall–Kier alpha value is -1.55. The second kappa shape index (κ2) is 7.14. The third kappa shape index (κ3) is 3.80. The zero-order chi connectivity index (χ0) is 15.4. The van der Waals surface area contributed by atoms with Gasteiger partial charge < -0.3 is 10.3 Å².